The smallest absolute Gasteiger partial charge is 0.373 e. The number of unbranched alkanes of at least 4 members (excludes halogenated alkanes) is 1. The average Bonchev–Trinajstić information content (AvgIpc) is 3.33. The minimum Gasteiger partial charge on any atom is -0.494 e. The Balaban J connectivity index is 0.000000967. The van der Waals surface area contributed by atoms with Crippen LogP contribution in [0.4, 0.5) is 5.69 Å². The Labute approximate surface area is 216 Å². The van der Waals surface area contributed by atoms with Gasteiger partial charge in [0.1, 0.15) is 5.75 Å². The van der Waals surface area contributed by atoms with Crippen molar-refractivity contribution < 1.29 is 19.1 Å². The Morgan fingerprint density at radius 2 is 1.81 bits per heavy atom. The maximum Gasteiger partial charge on any atom is 0.373 e. The van der Waals surface area contributed by atoms with E-state index in [0.29, 0.717) is 6.42 Å². The molecule has 36 heavy (non-hydrogen) atoms. The molecule has 0 unspecified atom stereocenters. The van der Waals surface area contributed by atoms with Gasteiger partial charge >= 0.3 is 6.15 Å². The summed E-state index contributed by atoms with van der Waals surface area (Å²) >= 11 is 1.93. The molecule has 1 fully saturated rings. The summed E-state index contributed by atoms with van der Waals surface area (Å²) in [5, 5.41) is 1.42. The van der Waals surface area contributed by atoms with E-state index in [1.165, 1.54) is 20.7 Å². The first kappa shape index (κ1) is 25.8. The van der Waals surface area contributed by atoms with Gasteiger partial charge in [-0.3, -0.25) is 9.69 Å². The number of nitrogens with zero attached hydrogens (tertiary/aromatic N) is 2. The zero-order valence-electron chi connectivity index (χ0n) is 20.7. The molecule has 5 rings (SSSR count). The second-order valence-corrected chi connectivity index (χ2v) is 10.2. The fraction of sp³-hybridized carbons (Fsp3) is 0.379. The van der Waals surface area contributed by atoms with Crippen LogP contribution in [0.15, 0.2) is 48.5 Å². The maximum atomic E-state index is 11.6. The number of carbonyl (C=O) groups excluding carboxylic acids is 3. The molecular weight excluding hydrogens is 472 g/mol. The van der Waals surface area contributed by atoms with Gasteiger partial charge in [-0.15, -0.1) is 11.3 Å². The SMILES string of the molecule is CCc1cc2c(N3CCN(CCCCOc4ccc5c(c4)CC(=O)C=C5)CC3)cccc2s1.O=C=O. The first-order valence-corrected chi connectivity index (χ1v) is 13.4. The molecule has 0 spiro atoms. The Morgan fingerprint density at radius 3 is 2.58 bits per heavy atom. The van der Waals surface area contributed by atoms with E-state index in [1.54, 1.807) is 6.08 Å². The maximum absolute atomic E-state index is 11.6. The van der Waals surface area contributed by atoms with Crippen molar-refractivity contribution in [3.8, 4) is 5.75 Å². The van der Waals surface area contributed by atoms with Crippen molar-refractivity contribution >= 4 is 45.1 Å². The highest BCUT2D eigenvalue weighted by Gasteiger charge is 2.19. The minimum absolute atomic E-state index is 0.164. The normalized spacial score (nSPS) is 15.2. The average molecular weight is 505 g/mol. The number of anilines is 1. The number of ketones is 1. The van der Waals surface area contributed by atoms with Gasteiger partial charge < -0.3 is 9.64 Å². The lowest BCUT2D eigenvalue weighted by atomic mass is 9.96. The number of carbonyl (C=O) groups is 1. The van der Waals surface area contributed by atoms with Crippen LogP contribution in [0.1, 0.15) is 35.8 Å². The van der Waals surface area contributed by atoms with E-state index in [0.717, 1.165) is 75.5 Å². The van der Waals surface area contributed by atoms with Gasteiger partial charge in [-0.25, -0.2) is 0 Å². The van der Waals surface area contributed by atoms with Crippen molar-refractivity contribution in [1.82, 2.24) is 4.90 Å². The molecular formula is C29H32N2O4S. The molecule has 188 valence electrons. The Bertz CT molecular complexity index is 1250. The number of aryl methyl sites for hydroxylation is 1. The van der Waals surface area contributed by atoms with E-state index in [2.05, 4.69) is 41.0 Å². The molecule has 3 aromatic rings. The molecule has 1 aliphatic heterocycles. The van der Waals surface area contributed by atoms with Crippen molar-refractivity contribution in [2.75, 3.05) is 44.2 Å². The van der Waals surface area contributed by atoms with Gasteiger partial charge in [0.25, 0.3) is 0 Å². The number of hydrogen-bond donors (Lipinski definition) is 0. The fourth-order valence-corrected chi connectivity index (χ4v) is 5.83. The number of allylic oxidation sites excluding steroid dienone is 1. The molecule has 2 aliphatic rings. The molecule has 0 saturated carbocycles. The number of hydrogen-bond acceptors (Lipinski definition) is 7. The molecule has 0 amide bonds. The molecule has 7 heteroatoms. The summed E-state index contributed by atoms with van der Waals surface area (Å²) in [5.74, 6) is 1.04. The summed E-state index contributed by atoms with van der Waals surface area (Å²) in [7, 11) is 0. The van der Waals surface area contributed by atoms with E-state index < -0.39 is 0 Å². The lowest BCUT2D eigenvalue weighted by Crippen LogP contribution is -2.46. The summed E-state index contributed by atoms with van der Waals surface area (Å²) in [6.07, 6.45) is 7.59. The summed E-state index contributed by atoms with van der Waals surface area (Å²) in [4.78, 5) is 34.5. The molecule has 0 radical (unpaired) electrons. The van der Waals surface area contributed by atoms with Gasteiger partial charge in [0, 0.05) is 53.3 Å². The number of fused-ring (bicyclic) bond motifs is 2. The molecule has 1 aromatic heterocycles. The Kier molecular flexibility index (Phi) is 9.06. The van der Waals surface area contributed by atoms with Crippen molar-refractivity contribution in [1.29, 1.82) is 0 Å². The standard InChI is InChI=1S/C28H32N2O2S.CO2/c1-2-25-20-26-27(6-5-7-28(26)33-25)30-15-13-29(14-16-30)12-3-4-17-32-24-11-9-21-8-10-23(31)18-22(21)19-24;2-1-3/h5-11,19-20H,2-4,12-18H2,1H3;. The van der Waals surface area contributed by atoms with Gasteiger partial charge in [0.2, 0.25) is 0 Å². The van der Waals surface area contributed by atoms with Crippen molar-refractivity contribution in [3.05, 3.63) is 64.5 Å². The quantitative estimate of drug-likeness (QED) is 0.402. The van der Waals surface area contributed by atoms with E-state index in [1.807, 2.05) is 35.6 Å². The van der Waals surface area contributed by atoms with Crippen molar-refractivity contribution in [3.63, 3.8) is 0 Å². The summed E-state index contributed by atoms with van der Waals surface area (Å²) in [5.41, 5.74) is 3.60. The topological polar surface area (TPSA) is 66.9 Å². The summed E-state index contributed by atoms with van der Waals surface area (Å²) in [6, 6.07) is 15.2. The van der Waals surface area contributed by atoms with E-state index >= 15 is 0 Å². The van der Waals surface area contributed by atoms with Crippen LogP contribution in [0.5, 0.6) is 5.75 Å². The zero-order valence-corrected chi connectivity index (χ0v) is 21.5. The first-order chi connectivity index (χ1) is 17.6. The van der Waals surface area contributed by atoms with Crippen LogP contribution in [0.2, 0.25) is 0 Å². The third-order valence-electron chi connectivity index (χ3n) is 6.72. The second kappa shape index (κ2) is 12.6. The van der Waals surface area contributed by atoms with Gasteiger partial charge in [0.05, 0.1) is 6.61 Å². The third-order valence-corrected chi connectivity index (χ3v) is 7.96. The van der Waals surface area contributed by atoms with Gasteiger partial charge in [0.15, 0.2) is 5.78 Å². The number of thiophene rings is 1. The second-order valence-electron chi connectivity index (χ2n) is 9.06. The molecule has 1 saturated heterocycles. The fourth-order valence-electron chi connectivity index (χ4n) is 4.80. The Morgan fingerprint density at radius 1 is 1.00 bits per heavy atom. The predicted molar refractivity (Wildman–Crippen MR) is 144 cm³/mol. The first-order valence-electron chi connectivity index (χ1n) is 12.6. The molecule has 0 N–H and O–H groups in total. The monoisotopic (exact) mass is 504 g/mol. The molecule has 1 aliphatic carbocycles. The number of benzene rings is 2. The van der Waals surface area contributed by atoms with Crippen LogP contribution in [0.25, 0.3) is 16.2 Å². The molecule has 2 heterocycles. The highest BCUT2D eigenvalue weighted by molar-refractivity contribution is 7.19. The Hall–Kier alpha value is -3.25. The summed E-state index contributed by atoms with van der Waals surface area (Å²) < 4.78 is 7.37. The van der Waals surface area contributed by atoms with Crippen LogP contribution in [0, 0.1) is 0 Å². The van der Waals surface area contributed by atoms with Crippen molar-refractivity contribution in [2.24, 2.45) is 0 Å². The number of piperazine rings is 1. The predicted octanol–water partition coefficient (Wildman–Crippen LogP) is 5.00. The molecule has 0 bridgehead atoms. The van der Waals surface area contributed by atoms with Crippen LogP contribution >= 0.6 is 11.3 Å². The molecule has 0 atom stereocenters. The highest BCUT2D eigenvalue weighted by Crippen LogP contribution is 2.34. The van der Waals surface area contributed by atoms with E-state index in [-0.39, 0.29) is 11.9 Å². The van der Waals surface area contributed by atoms with Gasteiger partial charge in [-0.05, 0) is 73.3 Å². The minimum atomic E-state index is 0.164. The van der Waals surface area contributed by atoms with Crippen molar-refractivity contribution in [2.45, 2.75) is 32.6 Å². The lowest BCUT2D eigenvalue weighted by Gasteiger charge is -2.36. The molecule has 6 nitrogen and oxygen atoms in total. The summed E-state index contributed by atoms with van der Waals surface area (Å²) in [6.45, 7) is 8.51. The van der Waals surface area contributed by atoms with E-state index in [9.17, 15) is 4.79 Å². The van der Waals surface area contributed by atoms with Gasteiger partial charge in [-0.1, -0.05) is 25.1 Å². The van der Waals surface area contributed by atoms with E-state index in [4.69, 9.17) is 14.3 Å². The van der Waals surface area contributed by atoms with Crippen LogP contribution in [-0.4, -0.2) is 56.2 Å². The van der Waals surface area contributed by atoms with Crippen LogP contribution in [-0.2, 0) is 27.2 Å². The lowest BCUT2D eigenvalue weighted by molar-refractivity contribution is -0.191. The van der Waals surface area contributed by atoms with Crippen LogP contribution in [0.3, 0.4) is 0 Å². The van der Waals surface area contributed by atoms with Gasteiger partial charge in [-0.2, -0.15) is 9.59 Å². The molecule has 2 aromatic carbocycles. The largest absolute Gasteiger partial charge is 0.494 e. The number of rotatable bonds is 8. The van der Waals surface area contributed by atoms with Crippen LogP contribution < -0.4 is 9.64 Å². The zero-order chi connectivity index (χ0) is 25.3. The highest BCUT2D eigenvalue weighted by atomic mass is 32.1. The number of ether oxygens (including phenoxy) is 1. The third kappa shape index (κ3) is 6.49.